The molecule has 0 unspecified atom stereocenters. The van der Waals surface area contributed by atoms with E-state index in [1.54, 1.807) is 24.3 Å². The van der Waals surface area contributed by atoms with Crippen LogP contribution < -0.4 is 15.4 Å². The Hall–Kier alpha value is -2.82. The molecule has 4 rings (SSSR count). The van der Waals surface area contributed by atoms with Crippen LogP contribution in [0.2, 0.25) is 0 Å². The van der Waals surface area contributed by atoms with Crippen molar-refractivity contribution in [3.05, 3.63) is 48.0 Å². The molecule has 5 nitrogen and oxygen atoms in total. The fraction of sp³-hybridized carbons (Fsp3) is 0.364. The number of para-hydroxylation sites is 2. The van der Waals surface area contributed by atoms with Crippen LogP contribution in [0.1, 0.15) is 55.3 Å². The topological polar surface area (TPSA) is 67.4 Å². The van der Waals surface area contributed by atoms with Crippen LogP contribution in [0.4, 0.5) is 11.4 Å². The van der Waals surface area contributed by atoms with Gasteiger partial charge < -0.3 is 15.4 Å². The quantitative estimate of drug-likeness (QED) is 0.769. The van der Waals surface area contributed by atoms with Crippen molar-refractivity contribution in [2.45, 2.75) is 44.9 Å². The standard InChI is InChI=1S/C22H24N2O3/c25-21(13-10-15-6-2-1-3-7-15)23-16-11-12-19-17(14-16)22(26)24-18-8-4-5-9-20(18)27-19/h4-5,8-9,11-12,14-15H,1-3,6-7,10,13H2,(H,23,25)(H,24,26). The van der Waals surface area contributed by atoms with Crippen LogP contribution in [-0.4, -0.2) is 11.8 Å². The average Bonchev–Trinajstić information content (AvgIpc) is 2.83. The van der Waals surface area contributed by atoms with Gasteiger partial charge in [0.1, 0.15) is 5.75 Å². The Morgan fingerprint density at radius 2 is 1.89 bits per heavy atom. The summed E-state index contributed by atoms with van der Waals surface area (Å²) in [7, 11) is 0. The lowest BCUT2D eigenvalue weighted by Gasteiger charge is -2.21. The molecule has 0 bridgehead atoms. The largest absolute Gasteiger partial charge is 0.454 e. The summed E-state index contributed by atoms with van der Waals surface area (Å²) in [4.78, 5) is 24.8. The highest BCUT2D eigenvalue weighted by Gasteiger charge is 2.21. The molecule has 1 saturated carbocycles. The van der Waals surface area contributed by atoms with Gasteiger partial charge in [-0.1, -0.05) is 44.2 Å². The first-order valence-electron chi connectivity index (χ1n) is 9.71. The molecular formula is C22H24N2O3. The number of rotatable bonds is 4. The van der Waals surface area contributed by atoms with E-state index < -0.39 is 0 Å². The number of hydrogen-bond acceptors (Lipinski definition) is 3. The van der Waals surface area contributed by atoms with Crippen LogP contribution >= 0.6 is 0 Å². The molecule has 0 atom stereocenters. The average molecular weight is 364 g/mol. The first-order chi connectivity index (χ1) is 13.2. The molecule has 0 radical (unpaired) electrons. The molecule has 0 spiro atoms. The zero-order valence-corrected chi connectivity index (χ0v) is 15.3. The maximum absolute atomic E-state index is 12.5. The SMILES string of the molecule is O=C(CCC1CCCCC1)Nc1ccc2c(c1)C(=O)Nc1ccccc1O2. The maximum Gasteiger partial charge on any atom is 0.259 e. The third kappa shape index (κ3) is 4.13. The van der Waals surface area contributed by atoms with E-state index in [9.17, 15) is 9.59 Å². The van der Waals surface area contributed by atoms with Crippen molar-refractivity contribution in [1.29, 1.82) is 0 Å². The molecule has 1 heterocycles. The van der Waals surface area contributed by atoms with Crippen molar-refractivity contribution in [1.82, 2.24) is 0 Å². The number of hydrogen-bond donors (Lipinski definition) is 2. The molecule has 2 N–H and O–H groups in total. The molecule has 1 aliphatic carbocycles. The van der Waals surface area contributed by atoms with Gasteiger partial charge in [-0.2, -0.15) is 0 Å². The zero-order valence-electron chi connectivity index (χ0n) is 15.3. The van der Waals surface area contributed by atoms with Gasteiger partial charge in [0.2, 0.25) is 5.91 Å². The van der Waals surface area contributed by atoms with Crippen molar-refractivity contribution < 1.29 is 14.3 Å². The lowest BCUT2D eigenvalue weighted by molar-refractivity contribution is -0.116. The van der Waals surface area contributed by atoms with Crippen molar-refractivity contribution in [2.75, 3.05) is 10.6 Å². The van der Waals surface area contributed by atoms with E-state index in [1.165, 1.54) is 32.1 Å². The molecule has 5 heteroatoms. The number of amides is 2. The summed E-state index contributed by atoms with van der Waals surface area (Å²) in [6.07, 6.45) is 7.84. The minimum Gasteiger partial charge on any atom is -0.454 e. The minimum absolute atomic E-state index is 0.00115. The van der Waals surface area contributed by atoms with Gasteiger partial charge in [-0.25, -0.2) is 0 Å². The number of benzene rings is 2. The Bertz CT molecular complexity index is 856. The predicted molar refractivity (Wildman–Crippen MR) is 105 cm³/mol. The molecule has 0 aromatic heterocycles. The number of nitrogens with one attached hydrogen (secondary N) is 2. The fourth-order valence-electron chi connectivity index (χ4n) is 3.88. The van der Waals surface area contributed by atoms with Crippen LogP contribution in [0.15, 0.2) is 42.5 Å². The minimum atomic E-state index is -0.242. The summed E-state index contributed by atoms with van der Waals surface area (Å²) in [6, 6.07) is 12.5. The van der Waals surface area contributed by atoms with E-state index >= 15 is 0 Å². The number of anilines is 2. The van der Waals surface area contributed by atoms with E-state index in [0.717, 1.165) is 6.42 Å². The van der Waals surface area contributed by atoms with E-state index in [1.807, 2.05) is 18.2 Å². The summed E-state index contributed by atoms with van der Waals surface area (Å²) in [5.74, 6) is 1.52. The number of fused-ring (bicyclic) bond motifs is 2. The van der Waals surface area contributed by atoms with Crippen LogP contribution in [0, 0.1) is 5.92 Å². The second kappa shape index (κ2) is 7.82. The second-order valence-corrected chi connectivity index (χ2v) is 7.35. The summed E-state index contributed by atoms with van der Waals surface area (Å²) in [6.45, 7) is 0. The lowest BCUT2D eigenvalue weighted by Crippen LogP contribution is -2.16. The predicted octanol–water partition coefficient (Wildman–Crippen LogP) is 5.34. The van der Waals surface area contributed by atoms with Gasteiger partial charge in [0.15, 0.2) is 5.75 Å². The number of ether oxygens (including phenoxy) is 1. The van der Waals surface area contributed by atoms with E-state index in [4.69, 9.17) is 4.74 Å². The van der Waals surface area contributed by atoms with Crippen molar-refractivity contribution >= 4 is 23.2 Å². The Balaban J connectivity index is 1.43. The first-order valence-corrected chi connectivity index (χ1v) is 9.71. The highest BCUT2D eigenvalue weighted by Crippen LogP contribution is 2.36. The van der Waals surface area contributed by atoms with E-state index in [2.05, 4.69) is 10.6 Å². The Morgan fingerprint density at radius 3 is 2.74 bits per heavy atom. The van der Waals surface area contributed by atoms with Crippen LogP contribution in [0.5, 0.6) is 11.5 Å². The fourth-order valence-corrected chi connectivity index (χ4v) is 3.88. The highest BCUT2D eigenvalue weighted by molar-refractivity contribution is 6.09. The van der Waals surface area contributed by atoms with Gasteiger partial charge >= 0.3 is 0 Å². The zero-order chi connectivity index (χ0) is 18.6. The molecule has 2 aliphatic rings. The van der Waals surface area contributed by atoms with Gasteiger partial charge in [-0.05, 0) is 42.7 Å². The smallest absolute Gasteiger partial charge is 0.259 e. The molecule has 0 saturated heterocycles. The second-order valence-electron chi connectivity index (χ2n) is 7.35. The molecular weight excluding hydrogens is 340 g/mol. The monoisotopic (exact) mass is 364 g/mol. The summed E-state index contributed by atoms with van der Waals surface area (Å²) < 4.78 is 5.86. The molecule has 2 aromatic rings. The Kier molecular flexibility index (Phi) is 5.10. The van der Waals surface area contributed by atoms with Gasteiger partial charge in [0, 0.05) is 12.1 Å². The van der Waals surface area contributed by atoms with Crippen LogP contribution in [0.25, 0.3) is 0 Å². The lowest BCUT2D eigenvalue weighted by atomic mass is 9.86. The third-order valence-electron chi connectivity index (χ3n) is 5.37. The Labute approximate surface area is 159 Å². The molecule has 1 aliphatic heterocycles. The van der Waals surface area contributed by atoms with Gasteiger partial charge in [0.05, 0.1) is 11.3 Å². The van der Waals surface area contributed by atoms with Gasteiger partial charge in [-0.3, -0.25) is 9.59 Å². The molecule has 1 fully saturated rings. The normalized spacial score (nSPS) is 16.4. The molecule has 140 valence electrons. The van der Waals surface area contributed by atoms with Gasteiger partial charge in [0.25, 0.3) is 5.91 Å². The maximum atomic E-state index is 12.5. The van der Waals surface area contributed by atoms with Crippen molar-refractivity contribution in [2.24, 2.45) is 5.92 Å². The first kappa shape index (κ1) is 17.6. The van der Waals surface area contributed by atoms with Crippen LogP contribution in [0.3, 0.4) is 0 Å². The Morgan fingerprint density at radius 1 is 1.07 bits per heavy atom. The van der Waals surface area contributed by atoms with Gasteiger partial charge in [-0.15, -0.1) is 0 Å². The number of carbonyl (C=O) groups is 2. The van der Waals surface area contributed by atoms with Crippen molar-refractivity contribution in [3.63, 3.8) is 0 Å². The van der Waals surface area contributed by atoms with E-state index in [-0.39, 0.29) is 11.8 Å². The number of carbonyl (C=O) groups excluding carboxylic acids is 2. The molecule has 2 aromatic carbocycles. The van der Waals surface area contributed by atoms with Crippen LogP contribution in [-0.2, 0) is 4.79 Å². The third-order valence-corrected chi connectivity index (χ3v) is 5.37. The van der Waals surface area contributed by atoms with E-state index in [0.29, 0.717) is 40.8 Å². The summed E-state index contributed by atoms with van der Waals surface area (Å²) >= 11 is 0. The molecule has 2 amide bonds. The highest BCUT2D eigenvalue weighted by atomic mass is 16.5. The summed E-state index contributed by atoms with van der Waals surface area (Å²) in [5.41, 5.74) is 1.67. The van der Waals surface area contributed by atoms with Crippen molar-refractivity contribution in [3.8, 4) is 11.5 Å². The summed E-state index contributed by atoms with van der Waals surface area (Å²) in [5, 5.41) is 5.77. The molecule has 27 heavy (non-hydrogen) atoms.